The van der Waals surface area contributed by atoms with Crippen LogP contribution in [0.5, 0.6) is 0 Å². The Morgan fingerprint density at radius 2 is 1.82 bits per heavy atom. The van der Waals surface area contributed by atoms with Crippen LogP contribution in [-0.4, -0.2) is 47.2 Å². The summed E-state index contributed by atoms with van der Waals surface area (Å²) in [5.74, 6) is -1.31. The lowest BCUT2D eigenvalue weighted by Crippen LogP contribution is -2.49. The van der Waals surface area contributed by atoms with Gasteiger partial charge >= 0.3 is 0 Å². The van der Waals surface area contributed by atoms with Crippen molar-refractivity contribution in [1.82, 2.24) is 4.90 Å². The molecule has 1 aromatic rings. The van der Waals surface area contributed by atoms with Gasteiger partial charge in [-0.2, -0.15) is 5.26 Å². The van der Waals surface area contributed by atoms with Crippen LogP contribution >= 0.6 is 0 Å². The van der Waals surface area contributed by atoms with Crippen molar-refractivity contribution in [1.29, 1.82) is 5.26 Å². The predicted molar refractivity (Wildman–Crippen MR) is 99.5 cm³/mol. The van der Waals surface area contributed by atoms with E-state index in [1.807, 2.05) is 4.90 Å². The van der Waals surface area contributed by atoms with Crippen molar-refractivity contribution in [3.8, 4) is 6.07 Å². The molecule has 3 fully saturated rings. The van der Waals surface area contributed by atoms with Crippen molar-refractivity contribution in [2.75, 3.05) is 18.0 Å². The third kappa shape index (κ3) is 3.58. The van der Waals surface area contributed by atoms with Gasteiger partial charge in [-0.05, 0) is 56.6 Å². The first kappa shape index (κ1) is 19.1. The number of fused-ring (bicyclic) bond motifs is 2. The number of aliphatic hydroxyl groups excluding tert-OH is 1. The summed E-state index contributed by atoms with van der Waals surface area (Å²) in [5, 5.41) is 18.8. The Morgan fingerprint density at radius 3 is 2.43 bits per heavy atom. The summed E-state index contributed by atoms with van der Waals surface area (Å²) in [4.78, 5) is 16.6. The fraction of sp³-hybridized carbons (Fsp3) is 0.619. The predicted octanol–water partition coefficient (Wildman–Crippen LogP) is 2.96. The molecule has 0 aromatic heterocycles. The molecule has 0 radical (unpaired) electrons. The largest absolute Gasteiger partial charge is 0.393 e. The molecule has 3 saturated heterocycles. The molecule has 7 heteroatoms. The molecule has 4 rings (SSSR count). The SMILES string of the molecule is N#Cc1cc(F)c(N2CCCC(CC(=O)N3C4CCC3CC(O)C4)C2)c(F)c1. The van der Waals surface area contributed by atoms with Crippen LogP contribution in [0.3, 0.4) is 0 Å². The number of anilines is 1. The van der Waals surface area contributed by atoms with Crippen LogP contribution in [0.2, 0.25) is 0 Å². The van der Waals surface area contributed by atoms with Crippen LogP contribution in [0.1, 0.15) is 50.5 Å². The number of benzene rings is 1. The third-order valence-electron chi connectivity index (χ3n) is 6.44. The summed E-state index contributed by atoms with van der Waals surface area (Å²) in [6.07, 6.45) is 4.89. The summed E-state index contributed by atoms with van der Waals surface area (Å²) < 4.78 is 28.8. The lowest BCUT2D eigenvalue weighted by atomic mass is 9.92. The van der Waals surface area contributed by atoms with E-state index in [1.54, 1.807) is 11.0 Å². The van der Waals surface area contributed by atoms with E-state index >= 15 is 0 Å². The number of hydrogen-bond donors (Lipinski definition) is 1. The van der Waals surface area contributed by atoms with Crippen LogP contribution in [0, 0.1) is 28.9 Å². The van der Waals surface area contributed by atoms with Crippen LogP contribution < -0.4 is 4.90 Å². The topological polar surface area (TPSA) is 67.6 Å². The Bertz CT molecular complexity index is 772. The highest BCUT2D eigenvalue weighted by molar-refractivity contribution is 5.78. The van der Waals surface area contributed by atoms with E-state index in [9.17, 15) is 18.7 Å². The maximum Gasteiger partial charge on any atom is 0.223 e. The maximum absolute atomic E-state index is 14.4. The first-order chi connectivity index (χ1) is 13.5. The number of amides is 1. The summed E-state index contributed by atoms with van der Waals surface area (Å²) in [6.45, 7) is 0.961. The van der Waals surface area contributed by atoms with Gasteiger partial charge in [0, 0.05) is 31.6 Å². The van der Waals surface area contributed by atoms with Crippen molar-refractivity contribution in [3.05, 3.63) is 29.3 Å². The van der Waals surface area contributed by atoms with Crippen molar-refractivity contribution < 1.29 is 18.7 Å². The molecule has 3 unspecified atom stereocenters. The van der Waals surface area contributed by atoms with Gasteiger partial charge < -0.3 is 14.9 Å². The Balaban J connectivity index is 1.44. The van der Waals surface area contributed by atoms with Crippen LogP contribution in [0.4, 0.5) is 14.5 Å². The normalized spacial score (nSPS) is 29.6. The summed E-state index contributed by atoms with van der Waals surface area (Å²) in [6, 6.07) is 4.15. The maximum atomic E-state index is 14.4. The molecule has 3 aliphatic heterocycles. The van der Waals surface area contributed by atoms with E-state index in [2.05, 4.69) is 0 Å². The average molecular weight is 389 g/mol. The molecule has 5 nitrogen and oxygen atoms in total. The van der Waals surface area contributed by atoms with E-state index in [-0.39, 0.29) is 41.3 Å². The van der Waals surface area contributed by atoms with Crippen molar-refractivity contribution in [3.63, 3.8) is 0 Å². The molecular weight excluding hydrogens is 364 g/mol. The monoisotopic (exact) mass is 389 g/mol. The zero-order chi connectivity index (χ0) is 19.8. The van der Waals surface area contributed by atoms with E-state index < -0.39 is 11.6 Å². The van der Waals surface area contributed by atoms with Gasteiger partial charge in [0.15, 0.2) is 11.6 Å². The molecule has 3 aliphatic rings. The standard InChI is InChI=1S/C21H25F2N3O2/c22-18-6-14(11-24)7-19(23)21(18)25-5-1-2-13(12-25)8-20(28)26-15-3-4-16(26)10-17(27)9-15/h6-7,13,15-17,27H,1-5,8-10,12H2. The fourth-order valence-electron chi connectivity index (χ4n) is 5.27. The number of rotatable bonds is 3. The second kappa shape index (κ2) is 7.67. The first-order valence-corrected chi connectivity index (χ1v) is 10.1. The van der Waals surface area contributed by atoms with Crippen LogP contribution in [0.25, 0.3) is 0 Å². The Kier molecular flexibility index (Phi) is 5.24. The number of nitrogens with zero attached hydrogens (tertiary/aromatic N) is 3. The molecule has 1 aromatic carbocycles. The van der Waals surface area contributed by atoms with Gasteiger partial charge in [-0.25, -0.2) is 8.78 Å². The molecule has 0 saturated carbocycles. The molecule has 0 aliphatic carbocycles. The lowest BCUT2D eigenvalue weighted by Gasteiger charge is -2.39. The minimum absolute atomic E-state index is 0.0368. The van der Waals surface area contributed by atoms with Crippen molar-refractivity contribution in [2.45, 2.75) is 63.1 Å². The van der Waals surface area contributed by atoms with Gasteiger partial charge in [0.1, 0.15) is 5.69 Å². The lowest BCUT2D eigenvalue weighted by molar-refractivity contribution is -0.138. The zero-order valence-corrected chi connectivity index (χ0v) is 15.8. The van der Waals surface area contributed by atoms with Gasteiger partial charge in [-0.15, -0.1) is 0 Å². The first-order valence-electron chi connectivity index (χ1n) is 10.1. The van der Waals surface area contributed by atoms with E-state index in [0.717, 1.165) is 37.8 Å². The number of piperidine rings is 2. The number of aliphatic hydroxyl groups is 1. The van der Waals surface area contributed by atoms with Gasteiger partial charge in [0.2, 0.25) is 5.91 Å². The molecule has 28 heavy (non-hydrogen) atoms. The molecule has 1 N–H and O–H groups in total. The van der Waals surface area contributed by atoms with Gasteiger partial charge in [-0.3, -0.25) is 4.79 Å². The fourth-order valence-corrected chi connectivity index (χ4v) is 5.27. The molecule has 3 heterocycles. The number of nitriles is 1. The highest BCUT2D eigenvalue weighted by atomic mass is 19.1. The Hall–Kier alpha value is -2.20. The third-order valence-corrected chi connectivity index (χ3v) is 6.44. The Morgan fingerprint density at radius 1 is 1.18 bits per heavy atom. The van der Waals surface area contributed by atoms with Crippen molar-refractivity contribution >= 4 is 11.6 Å². The van der Waals surface area contributed by atoms with E-state index in [0.29, 0.717) is 32.4 Å². The molecule has 2 bridgehead atoms. The minimum atomic E-state index is -0.730. The van der Waals surface area contributed by atoms with Gasteiger partial charge in [0.25, 0.3) is 0 Å². The van der Waals surface area contributed by atoms with Gasteiger partial charge in [-0.1, -0.05) is 0 Å². The second-order valence-corrected chi connectivity index (χ2v) is 8.37. The summed E-state index contributed by atoms with van der Waals surface area (Å²) in [5.41, 5.74) is -0.137. The molecular formula is C21H25F2N3O2. The quantitative estimate of drug-likeness (QED) is 0.863. The van der Waals surface area contributed by atoms with E-state index in [1.165, 1.54) is 0 Å². The number of halogens is 2. The highest BCUT2D eigenvalue weighted by Crippen LogP contribution is 2.37. The smallest absolute Gasteiger partial charge is 0.223 e. The number of carbonyl (C=O) groups excluding carboxylic acids is 1. The molecule has 150 valence electrons. The van der Waals surface area contributed by atoms with Gasteiger partial charge in [0.05, 0.1) is 17.7 Å². The molecule has 0 spiro atoms. The summed E-state index contributed by atoms with van der Waals surface area (Å²) in [7, 11) is 0. The van der Waals surface area contributed by atoms with Crippen molar-refractivity contribution in [2.24, 2.45) is 5.92 Å². The highest BCUT2D eigenvalue weighted by Gasteiger charge is 2.43. The second-order valence-electron chi connectivity index (χ2n) is 8.37. The summed E-state index contributed by atoms with van der Waals surface area (Å²) >= 11 is 0. The number of carbonyl (C=O) groups is 1. The number of hydrogen-bond acceptors (Lipinski definition) is 4. The average Bonchev–Trinajstić information content (AvgIpc) is 2.93. The molecule has 3 atom stereocenters. The van der Waals surface area contributed by atoms with Crippen LogP contribution in [0.15, 0.2) is 12.1 Å². The van der Waals surface area contributed by atoms with Crippen LogP contribution in [-0.2, 0) is 4.79 Å². The minimum Gasteiger partial charge on any atom is -0.393 e. The molecule has 1 amide bonds. The van der Waals surface area contributed by atoms with E-state index in [4.69, 9.17) is 5.26 Å². The Labute approximate surface area is 163 Å². The zero-order valence-electron chi connectivity index (χ0n) is 15.8.